The number of nitrogens with one attached hydrogen (secondary N) is 1. The van der Waals surface area contributed by atoms with Gasteiger partial charge in [0.15, 0.2) is 0 Å². The highest BCUT2D eigenvalue weighted by Crippen LogP contribution is 2.16. The Bertz CT molecular complexity index is 390. The maximum Gasteiger partial charge on any atom is 0.130 e. The van der Waals surface area contributed by atoms with E-state index >= 15 is 0 Å². The molecule has 0 heterocycles. The summed E-state index contributed by atoms with van der Waals surface area (Å²) in [5, 5.41) is 3.11. The highest BCUT2D eigenvalue weighted by molar-refractivity contribution is 8.11. The van der Waals surface area contributed by atoms with Gasteiger partial charge < -0.3 is 5.32 Å². The Kier molecular flexibility index (Phi) is 29.5. The minimum absolute atomic E-state index is 0.625. The van der Waals surface area contributed by atoms with Crippen LogP contribution in [0, 0.1) is 0 Å². The molecule has 0 fully saturated rings. The van der Waals surface area contributed by atoms with Gasteiger partial charge in [0, 0.05) is 10.7 Å². The van der Waals surface area contributed by atoms with Crippen molar-refractivity contribution in [1.29, 1.82) is 0 Å². The van der Waals surface area contributed by atoms with Crippen molar-refractivity contribution in [3.8, 4) is 0 Å². The molecule has 0 rings (SSSR count). The Labute approximate surface area is 229 Å². The second kappa shape index (κ2) is 28.9. The van der Waals surface area contributed by atoms with E-state index in [1.165, 1.54) is 154 Å². The maximum atomic E-state index is 5.00. The van der Waals surface area contributed by atoms with Crippen LogP contribution in [0.4, 0.5) is 0 Å². The van der Waals surface area contributed by atoms with Crippen LogP contribution in [0.15, 0.2) is 0 Å². The number of rotatable bonds is 27. The molecular formula is C28H55NS4. The second-order valence-electron chi connectivity index (χ2n) is 9.86. The van der Waals surface area contributed by atoms with Gasteiger partial charge in [0.25, 0.3) is 0 Å². The smallest absolute Gasteiger partial charge is 0.130 e. The van der Waals surface area contributed by atoms with Gasteiger partial charge in [0.2, 0.25) is 0 Å². The fourth-order valence-corrected chi connectivity index (χ4v) is 5.00. The molecule has 0 saturated heterocycles. The molecule has 0 aliphatic rings. The SMILES string of the molecule is S=C(S)CCCCCCCCCCCCCCCCCCCCCCCCCCNC(=S)S. The normalized spacial score (nSPS) is 11.1. The van der Waals surface area contributed by atoms with Crippen LogP contribution >= 0.6 is 49.7 Å². The van der Waals surface area contributed by atoms with Crippen LogP contribution in [0.1, 0.15) is 161 Å². The molecule has 5 heteroatoms. The summed E-state index contributed by atoms with van der Waals surface area (Å²) in [6.45, 7) is 0.983. The Morgan fingerprint density at radius 1 is 0.394 bits per heavy atom. The Hall–Kier alpha value is 0.680. The quantitative estimate of drug-likeness (QED) is 0.0552. The van der Waals surface area contributed by atoms with Crippen molar-refractivity contribution in [2.24, 2.45) is 0 Å². The lowest BCUT2D eigenvalue weighted by Crippen LogP contribution is -2.17. The molecule has 0 amide bonds. The number of hydrogen-bond donors (Lipinski definition) is 3. The largest absolute Gasteiger partial charge is 0.371 e. The predicted octanol–water partition coefficient (Wildman–Crippen LogP) is 10.8. The van der Waals surface area contributed by atoms with Gasteiger partial charge in [0.1, 0.15) is 4.32 Å². The van der Waals surface area contributed by atoms with Crippen LogP contribution in [0.5, 0.6) is 0 Å². The highest BCUT2D eigenvalue weighted by Gasteiger charge is 1.97. The highest BCUT2D eigenvalue weighted by atomic mass is 32.1. The summed E-state index contributed by atoms with van der Waals surface area (Å²) < 4.78 is 1.50. The molecule has 0 aromatic rings. The lowest BCUT2D eigenvalue weighted by Gasteiger charge is -2.05. The fraction of sp³-hybridized carbons (Fsp3) is 0.929. The molecule has 0 bridgehead atoms. The van der Waals surface area contributed by atoms with E-state index in [1.54, 1.807) is 0 Å². The van der Waals surface area contributed by atoms with Gasteiger partial charge in [-0.15, -0.1) is 25.3 Å². The first-order valence-electron chi connectivity index (χ1n) is 14.3. The van der Waals surface area contributed by atoms with E-state index in [-0.39, 0.29) is 0 Å². The van der Waals surface area contributed by atoms with E-state index < -0.39 is 0 Å². The lowest BCUT2D eigenvalue weighted by molar-refractivity contribution is 0.516. The summed E-state index contributed by atoms with van der Waals surface area (Å²) in [6, 6.07) is 0. The maximum absolute atomic E-state index is 5.00. The Morgan fingerprint density at radius 2 is 0.636 bits per heavy atom. The number of unbranched alkanes of at least 4 members (excludes halogenated alkanes) is 23. The molecule has 0 radical (unpaired) electrons. The first-order valence-corrected chi connectivity index (χ1v) is 16.0. The average molecular weight is 534 g/mol. The number of hydrogen-bond acceptors (Lipinski definition) is 2. The molecule has 0 aromatic carbocycles. The summed E-state index contributed by atoms with van der Waals surface area (Å²) in [5.74, 6) is 0. The fourth-order valence-electron chi connectivity index (χ4n) is 4.49. The molecule has 0 aromatic heterocycles. The van der Waals surface area contributed by atoms with Crippen molar-refractivity contribution < 1.29 is 0 Å². The zero-order chi connectivity index (χ0) is 24.2. The lowest BCUT2D eigenvalue weighted by atomic mass is 10.0. The third-order valence-corrected chi connectivity index (χ3v) is 7.32. The molecule has 0 spiro atoms. The van der Waals surface area contributed by atoms with Crippen molar-refractivity contribution in [2.75, 3.05) is 6.54 Å². The second-order valence-corrected chi connectivity index (χ2v) is 12.4. The van der Waals surface area contributed by atoms with Crippen LogP contribution in [-0.2, 0) is 0 Å². The summed E-state index contributed by atoms with van der Waals surface area (Å²) in [4.78, 5) is 0. The monoisotopic (exact) mass is 533 g/mol. The Balaban J connectivity index is 3.02. The molecule has 1 nitrogen and oxygen atoms in total. The summed E-state index contributed by atoms with van der Waals surface area (Å²) in [6.07, 6.45) is 34.9. The molecule has 0 saturated carbocycles. The minimum atomic E-state index is 0.625. The molecule has 0 atom stereocenters. The molecule has 0 unspecified atom stereocenters. The van der Waals surface area contributed by atoms with Gasteiger partial charge in [-0.05, 0) is 19.3 Å². The van der Waals surface area contributed by atoms with Crippen LogP contribution < -0.4 is 5.32 Å². The number of thiol groups is 2. The van der Waals surface area contributed by atoms with Crippen LogP contribution in [0.25, 0.3) is 0 Å². The molecule has 196 valence electrons. The number of thiocarbonyl (C=S) groups is 2. The van der Waals surface area contributed by atoms with E-state index in [0.717, 1.165) is 17.2 Å². The van der Waals surface area contributed by atoms with Gasteiger partial charge >= 0.3 is 0 Å². The van der Waals surface area contributed by atoms with Crippen LogP contribution in [0.2, 0.25) is 0 Å². The molecule has 33 heavy (non-hydrogen) atoms. The van der Waals surface area contributed by atoms with Crippen molar-refractivity contribution in [1.82, 2.24) is 5.32 Å². The zero-order valence-corrected chi connectivity index (χ0v) is 25.0. The first-order chi connectivity index (χ1) is 16.1. The van der Waals surface area contributed by atoms with E-state index in [1.807, 2.05) is 0 Å². The summed E-state index contributed by atoms with van der Waals surface area (Å²) in [5.41, 5.74) is 0. The molecule has 0 aliphatic carbocycles. The standard InChI is InChI=1S/C28H55NS4/c30-27(31)25-23-21-19-17-15-13-11-9-7-5-3-1-2-4-6-8-10-12-14-16-18-20-22-24-26-29-28(32)33/h1-26H2,(H,30,31)(H2,29,32,33). The average Bonchev–Trinajstić information content (AvgIpc) is 2.78. The van der Waals surface area contributed by atoms with Gasteiger partial charge in [-0.2, -0.15) is 0 Å². The summed E-state index contributed by atoms with van der Waals surface area (Å²) in [7, 11) is 0. The van der Waals surface area contributed by atoms with E-state index in [4.69, 9.17) is 24.4 Å². The van der Waals surface area contributed by atoms with Gasteiger partial charge in [-0.3, -0.25) is 0 Å². The molecule has 0 aliphatic heterocycles. The van der Waals surface area contributed by atoms with E-state index in [0.29, 0.717) is 4.32 Å². The molecule has 1 N–H and O–H groups in total. The van der Waals surface area contributed by atoms with Crippen LogP contribution in [0.3, 0.4) is 0 Å². The van der Waals surface area contributed by atoms with Crippen molar-refractivity contribution in [3.63, 3.8) is 0 Å². The van der Waals surface area contributed by atoms with Gasteiger partial charge in [0.05, 0.1) is 0 Å². The third-order valence-electron chi connectivity index (χ3n) is 6.59. The van der Waals surface area contributed by atoms with E-state index in [9.17, 15) is 0 Å². The van der Waals surface area contributed by atoms with Crippen molar-refractivity contribution in [3.05, 3.63) is 0 Å². The topological polar surface area (TPSA) is 12.0 Å². The molecular weight excluding hydrogens is 479 g/mol. The minimum Gasteiger partial charge on any atom is -0.371 e. The van der Waals surface area contributed by atoms with Crippen molar-refractivity contribution in [2.45, 2.75) is 161 Å². The summed E-state index contributed by atoms with van der Waals surface area (Å²) >= 11 is 18.1. The Morgan fingerprint density at radius 3 is 0.879 bits per heavy atom. The van der Waals surface area contributed by atoms with Gasteiger partial charge in [-0.25, -0.2) is 0 Å². The van der Waals surface area contributed by atoms with Gasteiger partial charge in [-0.1, -0.05) is 166 Å². The predicted molar refractivity (Wildman–Crippen MR) is 167 cm³/mol. The van der Waals surface area contributed by atoms with Crippen molar-refractivity contribution >= 4 is 58.2 Å². The third kappa shape index (κ3) is 32.7. The first kappa shape index (κ1) is 33.7. The zero-order valence-electron chi connectivity index (χ0n) is 21.6. The van der Waals surface area contributed by atoms with E-state index in [2.05, 4.69) is 30.6 Å². The van der Waals surface area contributed by atoms with Crippen LogP contribution in [-0.4, -0.2) is 15.1 Å².